The van der Waals surface area contributed by atoms with E-state index in [0.717, 1.165) is 56.3 Å². The zero-order chi connectivity index (χ0) is 18.5. The third-order valence-corrected chi connectivity index (χ3v) is 5.91. The minimum atomic E-state index is -0.313. The number of likely N-dealkylation sites (tertiary alicyclic amines) is 1. The van der Waals surface area contributed by atoms with Gasteiger partial charge in [0.25, 0.3) is 5.19 Å². The van der Waals surface area contributed by atoms with Crippen LogP contribution in [-0.2, 0) is 4.79 Å². The van der Waals surface area contributed by atoms with E-state index in [4.69, 9.17) is 4.74 Å². The number of carbonyl (C=O) groups is 1. The molecule has 1 aliphatic heterocycles. The second-order valence-electron chi connectivity index (χ2n) is 6.98. The van der Waals surface area contributed by atoms with E-state index in [1.54, 1.807) is 6.07 Å². The molecule has 1 saturated heterocycles. The summed E-state index contributed by atoms with van der Waals surface area (Å²) in [6.07, 6.45) is 5.68. The van der Waals surface area contributed by atoms with Gasteiger partial charge in [0.2, 0.25) is 5.91 Å². The van der Waals surface area contributed by atoms with E-state index in [-0.39, 0.29) is 17.8 Å². The molecule has 26 heavy (non-hydrogen) atoms. The third-order valence-electron chi connectivity index (χ3n) is 4.99. The van der Waals surface area contributed by atoms with Gasteiger partial charge in [0.05, 0.1) is 4.70 Å². The summed E-state index contributed by atoms with van der Waals surface area (Å²) in [6.45, 7) is 5.73. The zero-order valence-corrected chi connectivity index (χ0v) is 16.4. The van der Waals surface area contributed by atoms with Gasteiger partial charge in [0.15, 0.2) is 0 Å². The lowest BCUT2D eigenvalue weighted by molar-refractivity contribution is -0.137. The molecule has 1 amide bonds. The van der Waals surface area contributed by atoms with Crippen molar-refractivity contribution in [3.8, 4) is 5.19 Å². The van der Waals surface area contributed by atoms with Crippen LogP contribution in [0.25, 0.3) is 10.2 Å². The first kappa shape index (κ1) is 19.1. The maximum Gasteiger partial charge on any atom is 0.274 e. The molecule has 3 rings (SSSR count). The highest BCUT2D eigenvalue weighted by atomic mass is 32.1. The van der Waals surface area contributed by atoms with Gasteiger partial charge in [-0.25, -0.2) is 4.39 Å². The van der Waals surface area contributed by atoms with Crippen molar-refractivity contribution >= 4 is 27.5 Å². The first-order valence-corrected chi connectivity index (χ1v) is 10.4. The van der Waals surface area contributed by atoms with Crippen molar-refractivity contribution in [3.63, 3.8) is 0 Å². The molecule has 0 atom stereocenters. The molecule has 2 heterocycles. The van der Waals surface area contributed by atoms with Gasteiger partial charge in [-0.05, 0) is 25.0 Å². The molecule has 0 aliphatic carbocycles. The Morgan fingerprint density at radius 3 is 2.62 bits per heavy atom. The molecule has 1 aromatic carbocycles. The number of piperidine rings is 1. The average Bonchev–Trinajstić information content (AvgIpc) is 3.05. The quantitative estimate of drug-likeness (QED) is 0.679. The molecule has 1 fully saturated rings. The van der Waals surface area contributed by atoms with E-state index < -0.39 is 0 Å². The number of hydrogen-bond donors (Lipinski definition) is 0. The number of aromatic nitrogens is 1. The van der Waals surface area contributed by atoms with Gasteiger partial charge < -0.3 is 9.64 Å². The Kier molecular flexibility index (Phi) is 6.46. The Morgan fingerprint density at radius 2 is 2.00 bits per heavy atom. The largest absolute Gasteiger partial charge is 0.467 e. The van der Waals surface area contributed by atoms with Gasteiger partial charge in [-0.3, -0.25) is 4.79 Å². The highest BCUT2D eigenvalue weighted by molar-refractivity contribution is 7.20. The van der Waals surface area contributed by atoms with Crippen LogP contribution in [0.15, 0.2) is 18.2 Å². The number of para-hydroxylation sites is 1. The molecule has 4 nitrogen and oxygen atoms in total. The molecule has 0 saturated carbocycles. The fraction of sp³-hybridized carbons (Fsp3) is 0.600. The molecule has 0 bridgehead atoms. The molecule has 0 N–H and O–H groups in total. The van der Waals surface area contributed by atoms with Gasteiger partial charge in [-0.2, -0.15) is 4.98 Å². The van der Waals surface area contributed by atoms with Crippen molar-refractivity contribution in [1.82, 2.24) is 9.88 Å². The number of fused-ring (bicyclic) bond motifs is 1. The van der Waals surface area contributed by atoms with Gasteiger partial charge in [0, 0.05) is 31.8 Å². The molecule has 1 aromatic heterocycles. The van der Waals surface area contributed by atoms with Crippen molar-refractivity contribution in [2.75, 3.05) is 13.1 Å². The Labute approximate surface area is 158 Å². The topological polar surface area (TPSA) is 42.4 Å². The van der Waals surface area contributed by atoms with E-state index >= 15 is 0 Å². The van der Waals surface area contributed by atoms with Crippen molar-refractivity contribution in [2.24, 2.45) is 5.92 Å². The van der Waals surface area contributed by atoms with Gasteiger partial charge in [-0.1, -0.05) is 44.1 Å². The first-order valence-electron chi connectivity index (χ1n) is 9.62. The van der Waals surface area contributed by atoms with Crippen LogP contribution in [-0.4, -0.2) is 35.0 Å². The summed E-state index contributed by atoms with van der Waals surface area (Å²) in [4.78, 5) is 19.0. The molecule has 0 unspecified atom stereocenters. The number of carbonyl (C=O) groups excluding carboxylic acids is 1. The SMILES string of the molecule is CCCC(CCC)C(=O)N1CCC(Oc2nc3c(F)cccc3s2)CC1. The van der Waals surface area contributed by atoms with Crippen LogP contribution < -0.4 is 4.74 Å². The van der Waals surface area contributed by atoms with E-state index in [0.29, 0.717) is 16.6 Å². The highest BCUT2D eigenvalue weighted by Gasteiger charge is 2.28. The minimum Gasteiger partial charge on any atom is -0.467 e. The lowest BCUT2D eigenvalue weighted by atomic mass is 9.95. The number of rotatable bonds is 7. The van der Waals surface area contributed by atoms with Crippen LogP contribution >= 0.6 is 11.3 Å². The number of nitrogens with zero attached hydrogens (tertiary/aromatic N) is 2. The summed E-state index contributed by atoms with van der Waals surface area (Å²) in [6, 6.07) is 4.96. The van der Waals surface area contributed by atoms with Crippen molar-refractivity contribution in [3.05, 3.63) is 24.0 Å². The Bertz CT molecular complexity index is 734. The van der Waals surface area contributed by atoms with Crippen LogP contribution in [0.5, 0.6) is 5.19 Å². The molecule has 2 aromatic rings. The number of hydrogen-bond acceptors (Lipinski definition) is 4. The number of amides is 1. The first-order chi connectivity index (χ1) is 12.6. The van der Waals surface area contributed by atoms with Gasteiger partial charge >= 0.3 is 0 Å². The monoisotopic (exact) mass is 378 g/mol. The van der Waals surface area contributed by atoms with Crippen LogP contribution in [0.2, 0.25) is 0 Å². The zero-order valence-electron chi connectivity index (χ0n) is 15.5. The Balaban J connectivity index is 1.56. The summed E-state index contributed by atoms with van der Waals surface area (Å²) in [7, 11) is 0. The Morgan fingerprint density at radius 1 is 1.31 bits per heavy atom. The van der Waals surface area contributed by atoms with Crippen LogP contribution in [0, 0.1) is 11.7 Å². The fourth-order valence-corrected chi connectivity index (χ4v) is 4.52. The van der Waals surface area contributed by atoms with Gasteiger partial charge in [0.1, 0.15) is 17.4 Å². The molecule has 6 heteroatoms. The van der Waals surface area contributed by atoms with Crippen molar-refractivity contribution < 1.29 is 13.9 Å². The molecule has 0 spiro atoms. The summed E-state index contributed by atoms with van der Waals surface area (Å²) in [5.74, 6) is 0.149. The third kappa shape index (κ3) is 4.34. The number of ether oxygens (including phenoxy) is 1. The van der Waals surface area contributed by atoms with E-state index in [1.807, 2.05) is 11.0 Å². The predicted octanol–water partition coefficient (Wildman–Crippen LogP) is 5.02. The van der Waals surface area contributed by atoms with Crippen LogP contribution in [0.3, 0.4) is 0 Å². The summed E-state index contributed by atoms with van der Waals surface area (Å²) < 4.78 is 20.5. The number of benzene rings is 1. The van der Waals surface area contributed by atoms with Crippen molar-refractivity contribution in [1.29, 1.82) is 0 Å². The van der Waals surface area contributed by atoms with Crippen molar-refractivity contribution in [2.45, 2.75) is 58.5 Å². The van der Waals surface area contributed by atoms with E-state index in [9.17, 15) is 9.18 Å². The minimum absolute atomic E-state index is 0.0403. The Hall–Kier alpha value is -1.69. The summed E-state index contributed by atoms with van der Waals surface area (Å²) >= 11 is 1.38. The summed E-state index contributed by atoms with van der Waals surface area (Å²) in [5, 5.41) is 0.518. The maximum absolute atomic E-state index is 13.8. The standard InChI is InChI=1S/C20H27FN2O2S/c1-3-6-14(7-4-2)19(24)23-12-10-15(11-13-23)25-20-22-18-16(21)8-5-9-17(18)26-20/h5,8-9,14-15H,3-4,6-7,10-13H2,1-2H3. The molecular weight excluding hydrogens is 351 g/mol. The number of halogens is 1. The second kappa shape index (κ2) is 8.80. The highest BCUT2D eigenvalue weighted by Crippen LogP contribution is 2.31. The van der Waals surface area contributed by atoms with Crippen LogP contribution in [0.4, 0.5) is 4.39 Å². The lowest BCUT2D eigenvalue weighted by Gasteiger charge is -2.34. The van der Waals surface area contributed by atoms with E-state index in [2.05, 4.69) is 18.8 Å². The predicted molar refractivity (Wildman–Crippen MR) is 103 cm³/mol. The normalized spacial score (nSPS) is 15.8. The smallest absolute Gasteiger partial charge is 0.274 e. The molecule has 0 radical (unpaired) electrons. The van der Waals surface area contributed by atoms with E-state index in [1.165, 1.54) is 17.4 Å². The maximum atomic E-state index is 13.8. The molecular formula is C20H27FN2O2S. The van der Waals surface area contributed by atoms with Gasteiger partial charge in [-0.15, -0.1) is 0 Å². The fourth-order valence-electron chi connectivity index (χ4n) is 3.63. The lowest BCUT2D eigenvalue weighted by Crippen LogP contribution is -2.44. The molecule has 1 aliphatic rings. The summed E-state index contributed by atoms with van der Waals surface area (Å²) in [5.41, 5.74) is 0.377. The molecule has 142 valence electrons. The average molecular weight is 379 g/mol. The number of thiazole rings is 1. The second-order valence-corrected chi connectivity index (χ2v) is 7.98. The van der Waals surface area contributed by atoms with Crippen LogP contribution in [0.1, 0.15) is 52.4 Å².